The van der Waals surface area contributed by atoms with Crippen molar-refractivity contribution in [2.45, 2.75) is 11.9 Å². The van der Waals surface area contributed by atoms with Gasteiger partial charge in [-0.15, -0.1) is 0 Å². The molecule has 0 aromatic heterocycles. The Bertz CT molecular complexity index is 880. The maximum absolute atomic E-state index is 10.1. The summed E-state index contributed by atoms with van der Waals surface area (Å²) in [5.74, 6) is -1.77. The van der Waals surface area contributed by atoms with Gasteiger partial charge in [-0.2, -0.15) is 5.26 Å². The second-order valence-electron chi connectivity index (χ2n) is 6.31. The Morgan fingerprint density at radius 2 is 1.57 bits per heavy atom. The highest BCUT2D eigenvalue weighted by Crippen LogP contribution is 2.50. The maximum atomic E-state index is 10.1. The van der Waals surface area contributed by atoms with Gasteiger partial charge in [0.25, 0.3) is 0 Å². The molecule has 1 aliphatic heterocycles. The number of allylic oxidation sites excluding steroid dienone is 1. The normalized spacial score (nSPS) is 21.2. The van der Waals surface area contributed by atoms with Gasteiger partial charge in [0, 0.05) is 25.7 Å². The molecular weight excluding hydrogens is 354 g/mol. The highest BCUT2D eigenvalue weighted by atomic mass is 16.9. The van der Waals surface area contributed by atoms with Crippen LogP contribution in [0.1, 0.15) is 17.0 Å². The minimum atomic E-state index is -1.42. The number of ether oxygens (including phenoxy) is 4. The lowest BCUT2D eigenvalue weighted by Gasteiger charge is -2.44. The first-order valence-electron chi connectivity index (χ1n) is 8.94. The lowest BCUT2D eigenvalue weighted by molar-refractivity contribution is -0.361. The van der Waals surface area contributed by atoms with Gasteiger partial charge >= 0.3 is 5.97 Å². The van der Waals surface area contributed by atoms with E-state index in [-0.39, 0.29) is 5.92 Å². The molecule has 1 aliphatic rings. The van der Waals surface area contributed by atoms with Gasteiger partial charge in [-0.3, -0.25) is 0 Å². The molecule has 0 radical (unpaired) electrons. The maximum Gasteiger partial charge on any atom is 0.334 e. The Morgan fingerprint density at radius 3 is 2.11 bits per heavy atom. The van der Waals surface area contributed by atoms with Crippen molar-refractivity contribution in [2.75, 3.05) is 21.3 Å². The molecule has 0 amide bonds. The zero-order chi connectivity index (χ0) is 20.0. The summed E-state index contributed by atoms with van der Waals surface area (Å²) in [5, 5.41) is 10.1. The quantitative estimate of drug-likeness (QED) is 0.549. The monoisotopic (exact) mass is 377 g/mol. The number of methoxy groups -OCH3 is 3. The molecule has 5 nitrogen and oxygen atoms in total. The fraction of sp³-hybridized carbons (Fsp3) is 0.261. The molecule has 2 aromatic rings. The molecule has 2 atom stereocenters. The Hall–Kier alpha value is -3.07. The smallest absolute Gasteiger partial charge is 0.334 e. The molecule has 28 heavy (non-hydrogen) atoms. The standard InChI is InChI=1S/C23H23NO4/c1-25-15-14-20-21(17-10-6-4-7-11-17)19(16-24)22(18-12-8-5-9-13-18)28-23(20,26-2)27-3/h4-15,20-21H,1-3H3/b15-14+/t20-,21-/m1/s1. The highest BCUT2D eigenvalue weighted by molar-refractivity contribution is 5.70. The zero-order valence-corrected chi connectivity index (χ0v) is 16.2. The summed E-state index contributed by atoms with van der Waals surface area (Å²) in [6, 6.07) is 21.7. The predicted octanol–water partition coefficient (Wildman–Crippen LogP) is 4.46. The van der Waals surface area contributed by atoms with E-state index in [9.17, 15) is 5.26 Å². The number of hydrogen-bond acceptors (Lipinski definition) is 5. The van der Waals surface area contributed by atoms with Crippen LogP contribution in [0.2, 0.25) is 0 Å². The molecule has 0 aliphatic carbocycles. The molecule has 0 saturated carbocycles. The van der Waals surface area contributed by atoms with Gasteiger partial charge in [0.05, 0.1) is 30.9 Å². The van der Waals surface area contributed by atoms with E-state index < -0.39 is 11.9 Å². The second kappa shape index (κ2) is 8.75. The highest BCUT2D eigenvalue weighted by Gasteiger charge is 2.52. The van der Waals surface area contributed by atoms with Crippen LogP contribution >= 0.6 is 0 Å². The Labute approximate surface area is 165 Å². The van der Waals surface area contributed by atoms with Crippen LogP contribution in [0.25, 0.3) is 5.76 Å². The summed E-state index contributed by atoms with van der Waals surface area (Å²) in [6.07, 6.45) is 3.36. The molecule has 5 heteroatoms. The Morgan fingerprint density at radius 1 is 0.964 bits per heavy atom. The SMILES string of the molecule is CO/C=C/[C@@H]1[C@H](c2ccccc2)C(C#N)=C(c2ccccc2)OC1(OC)OC. The van der Waals surface area contributed by atoms with E-state index in [2.05, 4.69) is 6.07 Å². The van der Waals surface area contributed by atoms with Gasteiger partial charge in [-0.25, -0.2) is 0 Å². The van der Waals surface area contributed by atoms with Crippen molar-refractivity contribution in [3.63, 3.8) is 0 Å². The lowest BCUT2D eigenvalue weighted by Crippen LogP contribution is -2.49. The molecule has 0 N–H and O–H groups in total. The average Bonchev–Trinajstić information content (AvgIpc) is 2.77. The van der Waals surface area contributed by atoms with Crippen LogP contribution in [0.3, 0.4) is 0 Å². The summed E-state index contributed by atoms with van der Waals surface area (Å²) in [6.45, 7) is 0. The summed E-state index contributed by atoms with van der Waals surface area (Å²) < 4.78 is 22.9. The first kappa shape index (κ1) is 19.7. The minimum Gasteiger partial charge on any atom is -0.505 e. The fourth-order valence-corrected chi connectivity index (χ4v) is 3.58. The predicted molar refractivity (Wildman–Crippen MR) is 106 cm³/mol. The summed E-state index contributed by atoms with van der Waals surface area (Å²) in [5.41, 5.74) is 2.25. The fourth-order valence-electron chi connectivity index (χ4n) is 3.58. The van der Waals surface area contributed by atoms with Gasteiger partial charge in [0.15, 0.2) is 0 Å². The van der Waals surface area contributed by atoms with Gasteiger partial charge in [0.2, 0.25) is 0 Å². The number of rotatable bonds is 6. The van der Waals surface area contributed by atoms with Crippen LogP contribution in [0.15, 0.2) is 78.6 Å². The number of hydrogen-bond donors (Lipinski definition) is 0. The van der Waals surface area contributed by atoms with E-state index >= 15 is 0 Å². The van der Waals surface area contributed by atoms with Crippen molar-refractivity contribution >= 4 is 5.76 Å². The lowest BCUT2D eigenvalue weighted by atomic mass is 9.76. The van der Waals surface area contributed by atoms with Crippen molar-refractivity contribution in [1.82, 2.24) is 0 Å². The van der Waals surface area contributed by atoms with Crippen LogP contribution in [0.4, 0.5) is 0 Å². The average molecular weight is 377 g/mol. The van der Waals surface area contributed by atoms with Crippen LogP contribution in [-0.4, -0.2) is 27.3 Å². The molecule has 0 bridgehead atoms. The summed E-state index contributed by atoms with van der Waals surface area (Å²) in [4.78, 5) is 0. The van der Waals surface area contributed by atoms with Crippen molar-refractivity contribution in [3.8, 4) is 6.07 Å². The van der Waals surface area contributed by atoms with Crippen molar-refractivity contribution < 1.29 is 18.9 Å². The van der Waals surface area contributed by atoms with Gasteiger partial charge < -0.3 is 18.9 Å². The van der Waals surface area contributed by atoms with Crippen LogP contribution in [0, 0.1) is 17.2 Å². The van der Waals surface area contributed by atoms with Crippen LogP contribution in [0.5, 0.6) is 0 Å². The van der Waals surface area contributed by atoms with Gasteiger partial charge in [-0.05, 0) is 11.6 Å². The molecule has 144 valence electrons. The third-order valence-electron chi connectivity index (χ3n) is 4.87. The molecule has 0 saturated heterocycles. The first-order valence-corrected chi connectivity index (χ1v) is 8.94. The summed E-state index contributed by atoms with van der Waals surface area (Å²) >= 11 is 0. The first-order chi connectivity index (χ1) is 13.7. The van der Waals surface area contributed by atoms with E-state index in [1.165, 1.54) is 14.2 Å². The topological polar surface area (TPSA) is 60.7 Å². The number of nitrogens with zero attached hydrogens (tertiary/aromatic N) is 1. The zero-order valence-electron chi connectivity index (χ0n) is 16.2. The van der Waals surface area contributed by atoms with Crippen molar-refractivity contribution in [3.05, 3.63) is 89.7 Å². The van der Waals surface area contributed by atoms with Crippen LogP contribution in [-0.2, 0) is 18.9 Å². The summed E-state index contributed by atoms with van der Waals surface area (Å²) in [7, 11) is 4.62. The van der Waals surface area contributed by atoms with E-state index in [1.807, 2.05) is 66.7 Å². The molecule has 0 spiro atoms. The van der Waals surface area contributed by atoms with E-state index in [0.29, 0.717) is 11.3 Å². The number of nitriles is 1. The third kappa shape index (κ3) is 3.53. The second-order valence-corrected chi connectivity index (χ2v) is 6.31. The minimum absolute atomic E-state index is 0.346. The molecule has 0 fully saturated rings. The number of benzene rings is 2. The Balaban J connectivity index is 2.29. The molecule has 2 aromatic carbocycles. The molecule has 1 heterocycles. The van der Waals surface area contributed by atoms with Crippen molar-refractivity contribution in [1.29, 1.82) is 5.26 Å². The third-order valence-corrected chi connectivity index (χ3v) is 4.87. The van der Waals surface area contributed by atoms with Crippen molar-refractivity contribution in [2.24, 2.45) is 5.92 Å². The van der Waals surface area contributed by atoms with E-state index in [1.54, 1.807) is 13.4 Å². The Kier molecular flexibility index (Phi) is 6.15. The molecule has 3 rings (SSSR count). The van der Waals surface area contributed by atoms with E-state index in [4.69, 9.17) is 18.9 Å². The van der Waals surface area contributed by atoms with Gasteiger partial charge in [-0.1, -0.05) is 60.7 Å². The van der Waals surface area contributed by atoms with Gasteiger partial charge in [0.1, 0.15) is 5.76 Å². The largest absolute Gasteiger partial charge is 0.505 e. The molecular formula is C23H23NO4. The van der Waals surface area contributed by atoms with Crippen LogP contribution < -0.4 is 0 Å². The van der Waals surface area contributed by atoms with E-state index in [0.717, 1.165) is 11.1 Å². The molecule has 0 unspecified atom stereocenters.